The van der Waals surface area contributed by atoms with Crippen LogP contribution in [0.4, 0.5) is 4.39 Å². The maximum atomic E-state index is 15.6. The van der Waals surface area contributed by atoms with Gasteiger partial charge in [-0.05, 0) is 50.6 Å². The average molecular weight is 445 g/mol. The molecule has 0 aliphatic carbocycles. The highest BCUT2D eigenvalue weighted by molar-refractivity contribution is 5.97. The minimum atomic E-state index is -0.759. The van der Waals surface area contributed by atoms with E-state index in [0.717, 1.165) is 31.5 Å². The number of ether oxygens (including phenoxy) is 2. The van der Waals surface area contributed by atoms with Crippen LogP contribution in [0.2, 0.25) is 0 Å². The van der Waals surface area contributed by atoms with Gasteiger partial charge in [0.2, 0.25) is 0 Å². The van der Waals surface area contributed by atoms with Crippen molar-refractivity contribution in [2.24, 2.45) is 0 Å². The van der Waals surface area contributed by atoms with Crippen LogP contribution in [0.25, 0.3) is 0 Å². The van der Waals surface area contributed by atoms with E-state index in [-0.39, 0.29) is 34.6 Å². The lowest BCUT2D eigenvalue weighted by Crippen LogP contribution is -2.22. The fourth-order valence-corrected chi connectivity index (χ4v) is 4.08. The van der Waals surface area contributed by atoms with E-state index in [4.69, 9.17) is 9.47 Å². The molecule has 0 amide bonds. The number of hydrogen-bond donors (Lipinski definition) is 0. The number of likely N-dealkylation sites (tertiary alicyclic amines) is 1. The Kier molecular flexibility index (Phi) is 7.01. The van der Waals surface area contributed by atoms with Crippen molar-refractivity contribution in [1.82, 2.24) is 4.90 Å². The molecule has 0 saturated carbocycles. The van der Waals surface area contributed by atoms with E-state index in [1.807, 2.05) is 30.3 Å². The van der Waals surface area contributed by atoms with Crippen molar-refractivity contribution in [3.8, 4) is 17.6 Å². The standard InChI is InChI=1S/C27H25FN2O3/c1-19-24(27(31)33-21-12-6-3-7-13-21)26(32-18-20-10-4-2-5-11-20)22(16-29)23(25(19)28)17-30-14-8-9-15-30/h2-7,10-13H,8-9,14-15,17-18H2,1H3. The van der Waals surface area contributed by atoms with Gasteiger partial charge >= 0.3 is 5.97 Å². The average Bonchev–Trinajstić information content (AvgIpc) is 3.35. The van der Waals surface area contributed by atoms with Crippen molar-refractivity contribution in [3.05, 3.63) is 94.3 Å². The highest BCUT2D eigenvalue weighted by Crippen LogP contribution is 2.35. The number of carbonyl (C=O) groups excluding carboxylic acids is 1. The first kappa shape index (κ1) is 22.5. The molecule has 0 atom stereocenters. The number of benzene rings is 3. The molecule has 168 valence electrons. The Balaban J connectivity index is 1.77. The van der Waals surface area contributed by atoms with Gasteiger partial charge < -0.3 is 9.47 Å². The van der Waals surface area contributed by atoms with Crippen LogP contribution in [0.5, 0.6) is 11.5 Å². The molecule has 0 unspecified atom stereocenters. The molecule has 1 aliphatic rings. The van der Waals surface area contributed by atoms with Gasteiger partial charge in [0.25, 0.3) is 0 Å². The fourth-order valence-electron chi connectivity index (χ4n) is 4.08. The minimum Gasteiger partial charge on any atom is -0.487 e. The Hall–Kier alpha value is -3.69. The summed E-state index contributed by atoms with van der Waals surface area (Å²) in [5, 5.41) is 10.0. The lowest BCUT2D eigenvalue weighted by atomic mass is 9.96. The molecule has 3 aromatic rings. The summed E-state index contributed by atoms with van der Waals surface area (Å²) in [7, 11) is 0. The zero-order valence-electron chi connectivity index (χ0n) is 18.5. The second-order valence-corrected chi connectivity index (χ2v) is 8.07. The van der Waals surface area contributed by atoms with Gasteiger partial charge in [0.1, 0.15) is 35.4 Å². The van der Waals surface area contributed by atoms with E-state index >= 15 is 4.39 Å². The lowest BCUT2D eigenvalue weighted by molar-refractivity contribution is 0.0728. The molecule has 4 rings (SSSR count). The SMILES string of the molecule is Cc1c(F)c(CN2CCCC2)c(C#N)c(OCc2ccccc2)c1C(=O)Oc1ccccc1. The monoisotopic (exact) mass is 444 g/mol. The number of esters is 1. The first-order valence-electron chi connectivity index (χ1n) is 11.0. The number of para-hydroxylation sites is 1. The Bertz CT molecular complexity index is 1170. The van der Waals surface area contributed by atoms with E-state index in [9.17, 15) is 10.1 Å². The van der Waals surface area contributed by atoms with Gasteiger partial charge in [-0.1, -0.05) is 48.5 Å². The first-order chi connectivity index (χ1) is 16.1. The predicted octanol–water partition coefficient (Wildman–Crippen LogP) is 5.40. The molecule has 0 bridgehead atoms. The van der Waals surface area contributed by atoms with Crippen molar-refractivity contribution in [2.75, 3.05) is 13.1 Å². The Morgan fingerprint density at radius 1 is 1.06 bits per heavy atom. The molecule has 1 aliphatic heterocycles. The molecule has 5 nitrogen and oxygen atoms in total. The van der Waals surface area contributed by atoms with Crippen LogP contribution < -0.4 is 9.47 Å². The maximum Gasteiger partial charge on any atom is 0.347 e. The summed E-state index contributed by atoms with van der Waals surface area (Å²) in [5.74, 6) is -0.929. The van der Waals surface area contributed by atoms with Crippen LogP contribution in [-0.2, 0) is 13.2 Å². The van der Waals surface area contributed by atoms with Crippen molar-refractivity contribution in [3.63, 3.8) is 0 Å². The zero-order chi connectivity index (χ0) is 23.2. The van der Waals surface area contributed by atoms with Gasteiger partial charge in [-0.2, -0.15) is 5.26 Å². The van der Waals surface area contributed by atoms with Gasteiger partial charge in [0.15, 0.2) is 5.75 Å². The first-order valence-corrected chi connectivity index (χ1v) is 11.0. The molecular weight excluding hydrogens is 419 g/mol. The van der Waals surface area contributed by atoms with E-state index in [1.54, 1.807) is 30.3 Å². The third-order valence-electron chi connectivity index (χ3n) is 5.80. The number of nitriles is 1. The molecule has 1 saturated heterocycles. The lowest BCUT2D eigenvalue weighted by Gasteiger charge is -2.22. The van der Waals surface area contributed by atoms with E-state index in [1.165, 1.54) is 6.92 Å². The summed E-state index contributed by atoms with van der Waals surface area (Å²) in [5.41, 5.74) is 1.23. The molecule has 0 N–H and O–H groups in total. The van der Waals surface area contributed by atoms with Gasteiger partial charge in [0.05, 0.1) is 0 Å². The zero-order valence-corrected chi connectivity index (χ0v) is 18.5. The molecule has 33 heavy (non-hydrogen) atoms. The van der Waals surface area contributed by atoms with Crippen LogP contribution in [0.3, 0.4) is 0 Å². The van der Waals surface area contributed by atoms with Crippen molar-refractivity contribution >= 4 is 5.97 Å². The van der Waals surface area contributed by atoms with E-state index < -0.39 is 11.8 Å². The molecule has 6 heteroatoms. The minimum absolute atomic E-state index is 0.0425. The Labute approximate surface area is 193 Å². The van der Waals surface area contributed by atoms with Gasteiger partial charge in [-0.15, -0.1) is 0 Å². The predicted molar refractivity (Wildman–Crippen MR) is 123 cm³/mol. The van der Waals surface area contributed by atoms with Crippen molar-refractivity contribution in [2.45, 2.75) is 32.9 Å². The van der Waals surface area contributed by atoms with Gasteiger partial charge in [0, 0.05) is 17.7 Å². The quantitative estimate of drug-likeness (QED) is 0.361. The van der Waals surface area contributed by atoms with E-state index in [2.05, 4.69) is 11.0 Å². The normalized spacial score (nSPS) is 13.5. The molecule has 1 fully saturated rings. The highest BCUT2D eigenvalue weighted by atomic mass is 19.1. The summed E-state index contributed by atoms with van der Waals surface area (Å²) in [6, 6.07) is 20.1. The third-order valence-corrected chi connectivity index (χ3v) is 5.80. The molecular formula is C27H25FN2O3. The maximum absolute atomic E-state index is 15.6. The summed E-state index contributed by atoms with van der Waals surface area (Å²) in [4.78, 5) is 15.3. The van der Waals surface area contributed by atoms with Crippen LogP contribution in [0.15, 0.2) is 60.7 Å². The van der Waals surface area contributed by atoms with Gasteiger partial charge in [-0.3, -0.25) is 4.90 Å². The largest absolute Gasteiger partial charge is 0.487 e. The highest BCUT2D eigenvalue weighted by Gasteiger charge is 2.30. The van der Waals surface area contributed by atoms with Crippen LogP contribution >= 0.6 is 0 Å². The second-order valence-electron chi connectivity index (χ2n) is 8.07. The topological polar surface area (TPSA) is 62.6 Å². The second kappa shape index (κ2) is 10.3. The van der Waals surface area contributed by atoms with Gasteiger partial charge in [-0.25, -0.2) is 9.18 Å². The third kappa shape index (κ3) is 5.05. The van der Waals surface area contributed by atoms with Crippen LogP contribution in [0, 0.1) is 24.1 Å². The summed E-state index contributed by atoms with van der Waals surface area (Å²) >= 11 is 0. The smallest absolute Gasteiger partial charge is 0.347 e. The number of halogens is 1. The van der Waals surface area contributed by atoms with Crippen molar-refractivity contribution < 1.29 is 18.7 Å². The van der Waals surface area contributed by atoms with E-state index in [0.29, 0.717) is 12.3 Å². The van der Waals surface area contributed by atoms with Crippen LogP contribution in [0.1, 0.15) is 45.5 Å². The number of rotatable bonds is 7. The van der Waals surface area contributed by atoms with Crippen molar-refractivity contribution in [1.29, 1.82) is 5.26 Å². The summed E-state index contributed by atoms with van der Waals surface area (Å²) in [6.45, 7) is 3.66. The Morgan fingerprint density at radius 3 is 2.33 bits per heavy atom. The molecule has 1 heterocycles. The molecule has 0 radical (unpaired) electrons. The molecule has 0 aromatic heterocycles. The Morgan fingerprint density at radius 2 is 1.70 bits per heavy atom. The summed E-state index contributed by atoms with van der Waals surface area (Å²) < 4.78 is 27.1. The molecule has 0 spiro atoms. The summed E-state index contributed by atoms with van der Waals surface area (Å²) in [6.07, 6.45) is 2.09. The number of nitrogens with zero attached hydrogens (tertiary/aromatic N) is 2. The fraction of sp³-hybridized carbons (Fsp3) is 0.259. The number of hydrogen-bond acceptors (Lipinski definition) is 5. The number of carbonyl (C=O) groups is 1. The van der Waals surface area contributed by atoms with Crippen LogP contribution in [-0.4, -0.2) is 24.0 Å². The molecule has 3 aromatic carbocycles.